The maximum absolute atomic E-state index is 13.3. The Morgan fingerprint density at radius 2 is 1.00 bits per heavy atom. The first-order chi connectivity index (χ1) is 10.00. The minimum absolute atomic E-state index is 0.00708. The van der Waals surface area contributed by atoms with Crippen molar-refractivity contribution in [2.45, 2.75) is 67.2 Å². The molecular formula is C20H30O2. The van der Waals surface area contributed by atoms with Crippen LogP contribution in [0.25, 0.3) is 0 Å². The molecule has 2 heteroatoms. The molecule has 0 aliphatic heterocycles. The van der Waals surface area contributed by atoms with Crippen molar-refractivity contribution in [2.75, 3.05) is 0 Å². The van der Waals surface area contributed by atoms with Crippen LogP contribution < -0.4 is 0 Å². The Kier molecular flexibility index (Phi) is 2.51. The summed E-state index contributed by atoms with van der Waals surface area (Å²) in [6, 6.07) is 0. The second-order valence-electron chi connectivity index (χ2n) is 10.2. The third-order valence-corrected chi connectivity index (χ3v) is 9.56. The van der Waals surface area contributed by atoms with Gasteiger partial charge in [-0.25, -0.2) is 0 Å². The van der Waals surface area contributed by atoms with Crippen molar-refractivity contribution in [1.29, 1.82) is 0 Å². The molecule has 0 saturated heterocycles. The third kappa shape index (κ3) is 1.21. The van der Waals surface area contributed by atoms with E-state index in [1.807, 2.05) is 0 Å². The zero-order valence-electron chi connectivity index (χ0n) is 15.0. The number of fused-ring (bicyclic) bond motifs is 4. The van der Waals surface area contributed by atoms with Gasteiger partial charge in [-0.15, -0.1) is 0 Å². The van der Waals surface area contributed by atoms with Crippen LogP contribution in [0.2, 0.25) is 0 Å². The third-order valence-electron chi connectivity index (χ3n) is 9.56. The van der Waals surface area contributed by atoms with Crippen molar-refractivity contribution in [3.05, 3.63) is 0 Å². The van der Waals surface area contributed by atoms with Crippen molar-refractivity contribution >= 4 is 11.6 Å². The van der Waals surface area contributed by atoms with Crippen molar-refractivity contribution in [1.82, 2.24) is 0 Å². The van der Waals surface area contributed by atoms with E-state index in [0.29, 0.717) is 23.4 Å². The Bertz CT molecular complexity index is 535. The van der Waals surface area contributed by atoms with Gasteiger partial charge in [-0.3, -0.25) is 9.59 Å². The lowest BCUT2D eigenvalue weighted by atomic mass is 9.67. The van der Waals surface area contributed by atoms with Gasteiger partial charge in [-0.2, -0.15) is 0 Å². The highest BCUT2D eigenvalue weighted by Gasteiger charge is 2.74. The number of ketones is 2. The SMILES string of the molecule is CC1(C)[C@@H]2CC[C@@]1(C)C(=O)[C@@H]2[C@H]1C(=O)[C@]2(C)CC[C@@H]1C2(C)C. The first-order valence-corrected chi connectivity index (χ1v) is 9.09. The molecular weight excluding hydrogens is 272 g/mol. The van der Waals surface area contributed by atoms with E-state index in [9.17, 15) is 9.59 Å². The number of hydrogen-bond donors (Lipinski definition) is 0. The maximum atomic E-state index is 13.3. The Balaban J connectivity index is 1.80. The largest absolute Gasteiger partial charge is 0.299 e. The number of carbonyl (C=O) groups is 2. The molecule has 0 aromatic rings. The van der Waals surface area contributed by atoms with Gasteiger partial charge in [0, 0.05) is 22.7 Å². The molecule has 22 heavy (non-hydrogen) atoms. The van der Waals surface area contributed by atoms with Crippen molar-refractivity contribution in [3.63, 3.8) is 0 Å². The normalized spacial score (nSPS) is 54.5. The average Bonchev–Trinajstić information content (AvgIpc) is 2.90. The monoisotopic (exact) mass is 302 g/mol. The standard InChI is InChI=1S/C20H30O2/c1-17(2)11-7-9-19(17,5)15(21)13(11)14-12-8-10-20(6,16(14)22)18(12,3)4/h11-14H,7-10H2,1-6H3/t11-,12+,13-,14-,19-,20-/m0/s1. The summed E-state index contributed by atoms with van der Waals surface area (Å²) in [6.07, 6.45) is 4.31. The van der Waals surface area contributed by atoms with Crippen LogP contribution in [0.5, 0.6) is 0 Å². The quantitative estimate of drug-likeness (QED) is 0.725. The zero-order valence-corrected chi connectivity index (χ0v) is 15.0. The lowest BCUT2D eigenvalue weighted by molar-refractivity contribution is -0.141. The first kappa shape index (κ1) is 14.9. The van der Waals surface area contributed by atoms with Gasteiger partial charge in [0.15, 0.2) is 0 Å². The molecule has 4 fully saturated rings. The van der Waals surface area contributed by atoms with E-state index in [2.05, 4.69) is 41.5 Å². The molecule has 0 radical (unpaired) electrons. The summed E-state index contributed by atoms with van der Waals surface area (Å²) in [4.78, 5) is 26.6. The molecule has 0 aromatic carbocycles. The molecule has 2 nitrogen and oxygen atoms in total. The predicted molar refractivity (Wildman–Crippen MR) is 86.2 cm³/mol. The van der Waals surface area contributed by atoms with Crippen LogP contribution in [0.3, 0.4) is 0 Å². The first-order valence-electron chi connectivity index (χ1n) is 9.09. The van der Waals surface area contributed by atoms with E-state index < -0.39 is 0 Å². The molecule has 4 bridgehead atoms. The van der Waals surface area contributed by atoms with Crippen LogP contribution in [0.4, 0.5) is 0 Å². The molecule has 0 N–H and O–H groups in total. The van der Waals surface area contributed by atoms with Gasteiger partial charge >= 0.3 is 0 Å². The Hall–Kier alpha value is -0.660. The van der Waals surface area contributed by atoms with Crippen LogP contribution in [0.15, 0.2) is 0 Å². The number of rotatable bonds is 1. The molecule has 0 heterocycles. The van der Waals surface area contributed by atoms with E-state index in [4.69, 9.17) is 0 Å². The average molecular weight is 302 g/mol. The van der Waals surface area contributed by atoms with E-state index >= 15 is 0 Å². The van der Waals surface area contributed by atoms with Crippen LogP contribution in [0, 0.1) is 45.3 Å². The molecule has 0 aromatic heterocycles. The van der Waals surface area contributed by atoms with E-state index in [-0.39, 0.29) is 33.5 Å². The molecule has 0 amide bonds. The fraction of sp³-hybridized carbons (Fsp3) is 0.900. The zero-order chi connectivity index (χ0) is 16.3. The number of hydrogen-bond acceptors (Lipinski definition) is 2. The molecule has 0 unspecified atom stereocenters. The fourth-order valence-electron chi connectivity index (χ4n) is 7.14. The van der Waals surface area contributed by atoms with Crippen molar-refractivity contribution < 1.29 is 9.59 Å². The topological polar surface area (TPSA) is 34.1 Å². The van der Waals surface area contributed by atoms with Gasteiger partial charge < -0.3 is 0 Å². The number of carbonyl (C=O) groups excluding carboxylic acids is 2. The fourth-order valence-corrected chi connectivity index (χ4v) is 7.14. The lowest BCUT2D eigenvalue weighted by Gasteiger charge is -2.34. The minimum Gasteiger partial charge on any atom is -0.299 e. The second kappa shape index (κ2) is 3.70. The molecule has 4 aliphatic rings. The highest BCUT2D eigenvalue weighted by Crippen LogP contribution is 2.73. The molecule has 4 saturated carbocycles. The van der Waals surface area contributed by atoms with Gasteiger partial charge in [0.05, 0.1) is 0 Å². The van der Waals surface area contributed by atoms with Crippen LogP contribution >= 0.6 is 0 Å². The maximum Gasteiger partial charge on any atom is 0.143 e. The van der Waals surface area contributed by atoms with Gasteiger partial charge in [0.1, 0.15) is 11.6 Å². The van der Waals surface area contributed by atoms with Gasteiger partial charge in [-0.1, -0.05) is 41.5 Å². The Labute approximate surface area is 134 Å². The molecule has 122 valence electrons. The van der Waals surface area contributed by atoms with Gasteiger partial charge in [0.2, 0.25) is 0 Å². The van der Waals surface area contributed by atoms with Crippen LogP contribution in [0.1, 0.15) is 67.2 Å². The summed E-state index contributed by atoms with van der Waals surface area (Å²) in [5.74, 6) is 1.67. The van der Waals surface area contributed by atoms with Crippen LogP contribution in [-0.4, -0.2) is 11.6 Å². The van der Waals surface area contributed by atoms with Crippen LogP contribution in [-0.2, 0) is 9.59 Å². The molecule has 0 spiro atoms. The summed E-state index contributed by atoms with van der Waals surface area (Å²) in [7, 11) is 0. The minimum atomic E-state index is -0.199. The highest BCUT2D eigenvalue weighted by molar-refractivity contribution is 6.00. The smallest absolute Gasteiger partial charge is 0.143 e. The van der Waals surface area contributed by atoms with Crippen molar-refractivity contribution in [2.24, 2.45) is 45.3 Å². The molecule has 4 rings (SSSR count). The van der Waals surface area contributed by atoms with Gasteiger partial charge in [0.25, 0.3) is 0 Å². The number of Topliss-reactive ketones (excluding diaryl/α,β-unsaturated/α-hetero) is 2. The summed E-state index contributed by atoms with van der Waals surface area (Å²) in [6.45, 7) is 13.4. The highest BCUT2D eigenvalue weighted by atomic mass is 16.1. The summed E-state index contributed by atoms with van der Waals surface area (Å²) in [5.41, 5.74) is -0.283. The van der Waals surface area contributed by atoms with E-state index in [1.165, 1.54) is 0 Å². The van der Waals surface area contributed by atoms with Crippen molar-refractivity contribution in [3.8, 4) is 0 Å². The second-order valence-corrected chi connectivity index (χ2v) is 10.2. The molecule has 6 atom stereocenters. The van der Waals surface area contributed by atoms with Gasteiger partial charge in [-0.05, 0) is 48.3 Å². The molecule has 4 aliphatic carbocycles. The van der Waals surface area contributed by atoms with E-state index in [1.54, 1.807) is 0 Å². The Morgan fingerprint density at radius 3 is 1.23 bits per heavy atom. The Morgan fingerprint density at radius 1 is 0.682 bits per heavy atom. The van der Waals surface area contributed by atoms with E-state index in [0.717, 1.165) is 25.7 Å². The summed E-state index contributed by atoms with van der Waals surface area (Å²) >= 11 is 0. The predicted octanol–water partition coefficient (Wildman–Crippen LogP) is 4.27. The summed E-state index contributed by atoms with van der Waals surface area (Å²) < 4.78 is 0. The summed E-state index contributed by atoms with van der Waals surface area (Å²) in [5, 5.41) is 0. The lowest BCUT2D eigenvalue weighted by Crippen LogP contribution is -2.41.